The molecule has 0 aliphatic carbocycles. The van der Waals surface area contributed by atoms with Crippen molar-refractivity contribution in [1.82, 2.24) is 4.98 Å². The number of hydrogen-bond donors (Lipinski definition) is 0. The maximum Gasteiger partial charge on any atom is 0.0948 e. The van der Waals surface area contributed by atoms with Crippen LogP contribution >= 0.6 is 11.3 Å². The van der Waals surface area contributed by atoms with E-state index < -0.39 is 0 Å². The van der Waals surface area contributed by atoms with Crippen LogP contribution in [-0.4, -0.2) is 4.98 Å². The summed E-state index contributed by atoms with van der Waals surface area (Å²) in [6.07, 6.45) is 0.708. The second-order valence-corrected chi connectivity index (χ2v) is 6.11. The first-order valence-electron chi connectivity index (χ1n) is 5.93. The summed E-state index contributed by atoms with van der Waals surface area (Å²) in [5, 5.41) is 12.1. The standard InChI is InChI=1S/C15H16N2S/c1-11-5-4-6-12(7-11)13-9-18-14(17-13)8-15(2,3)10-16/h4-7,9H,8H2,1-3H3. The number of rotatable bonds is 3. The fourth-order valence-electron chi connectivity index (χ4n) is 1.75. The van der Waals surface area contributed by atoms with E-state index in [2.05, 4.69) is 41.6 Å². The van der Waals surface area contributed by atoms with Crippen LogP contribution in [0.3, 0.4) is 0 Å². The number of nitrogens with zero attached hydrogens (tertiary/aromatic N) is 2. The van der Waals surface area contributed by atoms with E-state index in [1.807, 2.05) is 19.9 Å². The van der Waals surface area contributed by atoms with Gasteiger partial charge in [-0.1, -0.05) is 23.8 Å². The molecular formula is C15H16N2S. The summed E-state index contributed by atoms with van der Waals surface area (Å²) in [6, 6.07) is 10.6. The van der Waals surface area contributed by atoms with Crippen molar-refractivity contribution in [2.45, 2.75) is 27.2 Å². The van der Waals surface area contributed by atoms with Crippen molar-refractivity contribution in [1.29, 1.82) is 5.26 Å². The molecule has 0 spiro atoms. The minimum Gasteiger partial charge on any atom is -0.241 e. The summed E-state index contributed by atoms with van der Waals surface area (Å²) in [5.41, 5.74) is 3.04. The molecule has 0 atom stereocenters. The van der Waals surface area contributed by atoms with Crippen LogP contribution in [0.1, 0.15) is 24.4 Å². The van der Waals surface area contributed by atoms with Crippen LogP contribution in [0.5, 0.6) is 0 Å². The van der Waals surface area contributed by atoms with Crippen LogP contribution in [0, 0.1) is 23.7 Å². The molecule has 0 radical (unpaired) electrons. The minimum atomic E-state index is -0.346. The van der Waals surface area contributed by atoms with Crippen molar-refractivity contribution in [3.05, 3.63) is 40.2 Å². The quantitative estimate of drug-likeness (QED) is 0.824. The zero-order valence-corrected chi connectivity index (χ0v) is 11.7. The van der Waals surface area contributed by atoms with Gasteiger partial charge in [0, 0.05) is 17.4 Å². The Hall–Kier alpha value is -1.66. The first-order chi connectivity index (χ1) is 8.50. The lowest BCUT2D eigenvalue weighted by Gasteiger charge is -2.11. The van der Waals surface area contributed by atoms with Crippen LogP contribution in [0.15, 0.2) is 29.6 Å². The largest absolute Gasteiger partial charge is 0.241 e. The summed E-state index contributed by atoms with van der Waals surface area (Å²) in [5.74, 6) is 0. The summed E-state index contributed by atoms with van der Waals surface area (Å²) in [6.45, 7) is 5.97. The molecule has 0 amide bonds. The van der Waals surface area contributed by atoms with Crippen LogP contribution in [-0.2, 0) is 6.42 Å². The predicted molar refractivity (Wildman–Crippen MR) is 75.4 cm³/mol. The van der Waals surface area contributed by atoms with E-state index in [4.69, 9.17) is 5.26 Å². The molecule has 0 bridgehead atoms. The van der Waals surface area contributed by atoms with Crippen LogP contribution in [0.2, 0.25) is 0 Å². The molecule has 0 fully saturated rings. The van der Waals surface area contributed by atoms with E-state index in [1.165, 1.54) is 5.56 Å². The van der Waals surface area contributed by atoms with Crippen molar-refractivity contribution >= 4 is 11.3 Å². The van der Waals surface area contributed by atoms with Gasteiger partial charge in [-0.05, 0) is 26.8 Å². The average Bonchev–Trinajstić information content (AvgIpc) is 2.77. The normalized spacial score (nSPS) is 11.2. The SMILES string of the molecule is Cc1cccc(-c2csc(CC(C)(C)C#N)n2)c1. The number of benzene rings is 1. The average molecular weight is 256 g/mol. The van der Waals surface area contributed by atoms with Gasteiger partial charge in [0.15, 0.2) is 0 Å². The molecule has 2 rings (SSSR count). The number of aryl methyl sites for hydroxylation is 1. The zero-order valence-electron chi connectivity index (χ0n) is 10.9. The first kappa shape index (κ1) is 12.8. The summed E-state index contributed by atoms with van der Waals surface area (Å²) >= 11 is 1.63. The van der Waals surface area contributed by atoms with Gasteiger partial charge in [0.2, 0.25) is 0 Å². The van der Waals surface area contributed by atoms with Crippen molar-refractivity contribution in [3.63, 3.8) is 0 Å². The van der Waals surface area contributed by atoms with Crippen molar-refractivity contribution < 1.29 is 0 Å². The maximum absolute atomic E-state index is 9.04. The van der Waals surface area contributed by atoms with Gasteiger partial charge < -0.3 is 0 Å². The molecule has 1 aromatic carbocycles. The molecule has 0 N–H and O–H groups in total. The Labute approximate surface area is 112 Å². The molecule has 0 saturated heterocycles. The maximum atomic E-state index is 9.04. The fraction of sp³-hybridized carbons (Fsp3) is 0.333. The summed E-state index contributed by atoms with van der Waals surface area (Å²) in [4.78, 5) is 4.62. The third-order valence-electron chi connectivity index (χ3n) is 2.76. The Morgan fingerprint density at radius 2 is 2.17 bits per heavy atom. The highest BCUT2D eigenvalue weighted by molar-refractivity contribution is 7.09. The van der Waals surface area contributed by atoms with Gasteiger partial charge in [-0.3, -0.25) is 0 Å². The Morgan fingerprint density at radius 3 is 2.83 bits per heavy atom. The predicted octanol–water partition coefficient (Wildman–Crippen LogP) is 4.21. The fourth-order valence-corrected chi connectivity index (χ4v) is 2.78. The van der Waals surface area contributed by atoms with Gasteiger partial charge >= 0.3 is 0 Å². The molecule has 92 valence electrons. The molecular weight excluding hydrogens is 240 g/mol. The van der Waals surface area contributed by atoms with Crippen molar-refractivity contribution in [2.75, 3.05) is 0 Å². The highest BCUT2D eigenvalue weighted by atomic mass is 32.1. The van der Waals surface area contributed by atoms with E-state index in [-0.39, 0.29) is 5.41 Å². The topological polar surface area (TPSA) is 36.7 Å². The molecule has 2 aromatic rings. The molecule has 18 heavy (non-hydrogen) atoms. The van der Waals surface area contributed by atoms with Gasteiger partial charge in [-0.15, -0.1) is 11.3 Å². The molecule has 1 heterocycles. The van der Waals surface area contributed by atoms with E-state index in [1.54, 1.807) is 11.3 Å². The zero-order chi connectivity index (χ0) is 13.2. The molecule has 2 nitrogen and oxygen atoms in total. The van der Waals surface area contributed by atoms with Crippen LogP contribution in [0.25, 0.3) is 11.3 Å². The number of nitriles is 1. The number of thiazole rings is 1. The Balaban J connectivity index is 2.24. The Bertz CT molecular complexity index is 591. The third kappa shape index (κ3) is 2.96. The van der Waals surface area contributed by atoms with E-state index in [0.717, 1.165) is 16.3 Å². The highest BCUT2D eigenvalue weighted by Crippen LogP contribution is 2.27. The third-order valence-corrected chi connectivity index (χ3v) is 3.61. The van der Waals surface area contributed by atoms with Gasteiger partial charge in [0.25, 0.3) is 0 Å². The molecule has 0 aliphatic rings. The van der Waals surface area contributed by atoms with Gasteiger partial charge in [0.1, 0.15) is 0 Å². The van der Waals surface area contributed by atoms with Crippen molar-refractivity contribution in [3.8, 4) is 17.3 Å². The summed E-state index contributed by atoms with van der Waals surface area (Å²) < 4.78 is 0. The van der Waals surface area contributed by atoms with Gasteiger partial charge in [-0.25, -0.2) is 4.98 Å². The van der Waals surface area contributed by atoms with E-state index in [9.17, 15) is 0 Å². The van der Waals surface area contributed by atoms with E-state index in [0.29, 0.717) is 6.42 Å². The van der Waals surface area contributed by atoms with E-state index >= 15 is 0 Å². The molecule has 0 unspecified atom stereocenters. The lowest BCUT2D eigenvalue weighted by atomic mass is 9.92. The Morgan fingerprint density at radius 1 is 1.39 bits per heavy atom. The molecule has 1 aromatic heterocycles. The number of aromatic nitrogens is 1. The summed E-state index contributed by atoms with van der Waals surface area (Å²) in [7, 11) is 0. The highest BCUT2D eigenvalue weighted by Gasteiger charge is 2.19. The second-order valence-electron chi connectivity index (χ2n) is 5.17. The molecule has 0 saturated carbocycles. The number of hydrogen-bond acceptors (Lipinski definition) is 3. The second kappa shape index (κ2) is 4.91. The van der Waals surface area contributed by atoms with Crippen LogP contribution < -0.4 is 0 Å². The van der Waals surface area contributed by atoms with Gasteiger partial charge in [0.05, 0.1) is 22.2 Å². The molecule has 0 aliphatic heterocycles. The lowest BCUT2D eigenvalue weighted by Crippen LogP contribution is -2.11. The lowest BCUT2D eigenvalue weighted by molar-refractivity contribution is 0.492. The molecule has 3 heteroatoms. The van der Waals surface area contributed by atoms with Crippen molar-refractivity contribution in [2.24, 2.45) is 5.41 Å². The smallest absolute Gasteiger partial charge is 0.0948 e. The first-order valence-corrected chi connectivity index (χ1v) is 6.81. The van der Waals surface area contributed by atoms with Crippen LogP contribution in [0.4, 0.5) is 0 Å². The monoisotopic (exact) mass is 256 g/mol. The Kier molecular flexibility index (Phi) is 3.49. The van der Waals surface area contributed by atoms with Gasteiger partial charge in [-0.2, -0.15) is 5.26 Å². The minimum absolute atomic E-state index is 0.346.